The van der Waals surface area contributed by atoms with Gasteiger partial charge in [0, 0.05) is 11.1 Å². The van der Waals surface area contributed by atoms with Gasteiger partial charge in [-0.15, -0.1) is 0 Å². The van der Waals surface area contributed by atoms with Gasteiger partial charge >= 0.3 is 0 Å². The first-order valence-electron chi connectivity index (χ1n) is 7.85. The Kier molecular flexibility index (Phi) is 3.88. The number of rotatable bonds is 3. The van der Waals surface area contributed by atoms with Crippen LogP contribution in [0.2, 0.25) is 0 Å². The molecule has 1 atom stereocenters. The van der Waals surface area contributed by atoms with Crippen molar-refractivity contribution in [2.75, 3.05) is 0 Å². The fourth-order valence-corrected chi connectivity index (χ4v) is 2.92. The van der Waals surface area contributed by atoms with Crippen LogP contribution in [0.3, 0.4) is 0 Å². The summed E-state index contributed by atoms with van der Waals surface area (Å²) in [4.78, 5) is 4.68. The van der Waals surface area contributed by atoms with Crippen LogP contribution in [-0.4, -0.2) is 4.98 Å². The molecule has 23 heavy (non-hydrogen) atoms. The molecule has 0 saturated heterocycles. The summed E-state index contributed by atoms with van der Waals surface area (Å²) in [6.07, 6.45) is 0.695. The van der Waals surface area contributed by atoms with Crippen molar-refractivity contribution in [2.45, 2.75) is 32.6 Å². The lowest BCUT2D eigenvalue weighted by Gasteiger charge is -2.22. The molecule has 0 saturated carbocycles. The first kappa shape index (κ1) is 15.2. The van der Waals surface area contributed by atoms with E-state index in [0.29, 0.717) is 6.42 Å². The lowest BCUT2D eigenvalue weighted by atomic mass is 9.78. The van der Waals surface area contributed by atoms with Gasteiger partial charge in [-0.1, -0.05) is 42.5 Å². The van der Waals surface area contributed by atoms with E-state index in [1.165, 1.54) is 11.1 Å². The predicted octanol–water partition coefficient (Wildman–Crippen LogP) is 4.88. The number of hydrogen-bond donors (Lipinski definition) is 0. The number of nitriles is 1. The minimum atomic E-state index is -0.560. The van der Waals surface area contributed by atoms with Gasteiger partial charge in [-0.05, 0) is 56.0 Å². The molecule has 1 unspecified atom stereocenters. The predicted molar refractivity (Wildman–Crippen MR) is 94.3 cm³/mol. The Morgan fingerprint density at radius 2 is 1.78 bits per heavy atom. The van der Waals surface area contributed by atoms with Crippen LogP contribution in [0, 0.1) is 25.2 Å². The van der Waals surface area contributed by atoms with Crippen LogP contribution >= 0.6 is 0 Å². The minimum absolute atomic E-state index is 0.560. The number of benzene rings is 2. The third kappa shape index (κ3) is 2.96. The molecule has 3 rings (SSSR count). The second-order valence-corrected chi connectivity index (χ2v) is 6.40. The Bertz CT molecular complexity index is 891. The summed E-state index contributed by atoms with van der Waals surface area (Å²) in [5, 5.41) is 10.9. The molecule has 0 radical (unpaired) electrons. The van der Waals surface area contributed by atoms with Crippen LogP contribution in [0.5, 0.6) is 0 Å². The molecular formula is C21H20N2. The molecule has 1 heterocycles. The van der Waals surface area contributed by atoms with E-state index in [2.05, 4.69) is 54.4 Å². The molecule has 0 fully saturated rings. The van der Waals surface area contributed by atoms with Crippen LogP contribution in [0.4, 0.5) is 0 Å². The van der Waals surface area contributed by atoms with Gasteiger partial charge in [0.25, 0.3) is 0 Å². The molecule has 0 aliphatic rings. The molecule has 3 aromatic rings. The zero-order valence-electron chi connectivity index (χ0n) is 13.8. The van der Waals surface area contributed by atoms with E-state index in [1.54, 1.807) is 0 Å². The van der Waals surface area contributed by atoms with Gasteiger partial charge in [0.1, 0.15) is 0 Å². The maximum absolute atomic E-state index is 9.80. The Hall–Kier alpha value is -2.66. The fourth-order valence-electron chi connectivity index (χ4n) is 2.92. The highest BCUT2D eigenvalue weighted by Gasteiger charge is 2.27. The standard InChI is InChI=1S/C21H20N2/c1-15-11-18-9-10-19(12-20(18)23-16(15)2)21(3,14-22)13-17-7-5-4-6-8-17/h4-12H,13H2,1-3H3. The summed E-state index contributed by atoms with van der Waals surface area (Å²) in [6, 6.07) is 21.0. The average Bonchev–Trinajstić information content (AvgIpc) is 2.56. The normalized spacial score (nSPS) is 13.5. The van der Waals surface area contributed by atoms with Gasteiger partial charge in [-0.3, -0.25) is 4.98 Å². The van der Waals surface area contributed by atoms with Crippen LogP contribution in [0.1, 0.15) is 29.3 Å². The first-order valence-corrected chi connectivity index (χ1v) is 7.85. The number of hydrogen-bond acceptors (Lipinski definition) is 2. The van der Waals surface area contributed by atoms with Crippen molar-refractivity contribution in [1.82, 2.24) is 4.98 Å². The highest BCUT2D eigenvalue weighted by Crippen LogP contribution is 2.30. The zero-order chi connectivity index (χ0) is 16.4. The molecule has 0 N–H and O–H groups in total. The summed E-state index contributed by atoms with van der Waals surface area (Å²) >= 11 is 0. The first-order chi connectivity index (χ1) is 11.0. The van der Waals surface area contributed by atoms with Crippen LogP contribution in [-0.2, 0) is 11.8 Å². The molecule has 0 bridgehead atoms. The van der Waals surface area contributed by atoms with E-state index in [-0.39, 0.29) is 0 Å². The molecule has 114 valence electrons. The molecule has 2 heteroatoms. The summed E-state index contributed by atoms with van der Waals surface area (Å²) in [6.45, 7) is 6.10. The highest BCUT2D eigenvalue weighted by atomic mass is 14.7. The van der Waals surface area contributed by atoms with Crippen molar-refractivity contribution in [3.05, 3.63) is 77.0 Å². The number of fused-ring (bicyclic) bond motifs is 1. The van der Waals surface area contributed by atoms with Crippen molar-refractivity contribution < 1.29 is 0 Å². The second-order valence-electron chi connectivity index (χ2n) is 6.40. The van der Waals surface area contributed by atoms with E-state index in [1.807, 2.05) is 32.0 Å². The van der Waals surface area contributed by atoms with Crippen molar-refractivity contribution in [3.8, 4) is 6.07 Å². The molecule has 0 amide bonds. The van der Waals surface area contributed by atoms with Gasteiger partial charge in [0.05, 0.1) is 17.0 Å². The van der Waals surface area contributed by atoms with Crippen LogP contribution < -0.4 is 0 Å². The zero-order valence-corrected chi connectivity index (χ0v) is 13.8. The summed E-state index contributed by atoms with van der Waals surface area (Å²) in [5.41, 5.74) is 4.82. The third-order valence-electron chi connectivity index (χ3n) is 4.55. The number of nitrogens with zero attached hydrogens (tertiary/aromatic N) is 2. The van der Waals surface area contributed by atoms with E-state index in [0.717, 1.165) is 22.2 Å². The largest absolute Gasteiger partial charge is 0.253 e. The Morgan fingerprint density at radius 3 is 2.48 bits per heavy atom. The third-order valence-corrected chi connectivity index (χ3v) is 4.55. The van der Waals surface area contributed by atoms with Crippen LogP contribution in [0.25, 0.3) is 10.9 Å². The molecule has 0 aliphatic carbocycles. The van der Waals surface area contributed by atoms with Crippen molar-refractivity contribution in [3.63, 3.8) is 0 Å². The average molecular weight is 300 g/mol. The SMILES string of the molecule is Cc1cc2ccc(C(C)(C#N)Cc3ccccc3)cc2nc1C. The molecule has 0 aliphatic heterocycles. The molecule has 1 aromatic heterocycles. The van der Waals surface area contributed by atoms with Crippen LogP contribution in [0.15, 0.2) is 54.6 Å². The van der Waals surface area contributed by atoms with Gasteiger partial charge in [-0.25, -0.2) is 0 Å². The van der Waals surface area contributed by atoms with E-state index in [4.69, 9.17) is 0 Å². The van der Waals surface area contributed by atoms with E-state index >= 15 is 0 Å². The second kappa shape index (κ2) is 5.85. The topological polar surface area (TPSA) is 36.7 Å². The Labute approximate surface area is 137 Å². The summed E-state index contributed by atoms with van der Waals surface area (Å²) < 4.78 is 0. The molecule has 2 nitrogen and oxygen atoms in total. The fraction of sp³-hybridized carbons (Fsp3) is 0.238. The smallest absolute Gasteiger partial charge is 0.0835 e. The van der Waals surface area contributed by atoms with Gasteiger partial charge in [0.15, 0.2) is 0 Å². The summed E-state index contributed by atoms with van der Waals surface area (Å²) in [7, 11) is 0. The monoisotopic (exact) mass is 300 g/mol. The lowest BCUT2D eigenvalue weighted by molar-refractivity contribution is 0.607. The molecule has 0 spiro atoms. The Balaban J connectivity index is 2.06. The maximum Gasteiger partial charge on any atom is 0.0835 e. The van der Waals surface area contributed by atoms with Gasteiger partial charge in [-0.2, -0.15) is 5.26 Å². The number of aromatic nitrogens is 1. The van der Waals surface area contributed by atoms with E-state index in [9.17, 15) is 5.26 Å². The minimum Gasteiger partial charge on any atom is -0.253 e. The van der Waals surface area contributed by atoms with Crippen molar-refractivity contribution in [2.24, 2.45) is 0 Å². The Morgan fingerprint density at radius 1 is 1.04 bits per heavy atom. The highest BCUT2D eigenvalue weighted by molar-refractivity contribution is 5.80. The van der Waals surface area contributed by atoms with Crippen molar-refractivity contribution >= 4 is 10.9 Å². The number of pyridine rings is 1. The number of aryl methyl sites for hydroxylation is 2. The van der Waals surface area contributed by atoms with Crippen molar-refractivity contribution in [1.29, 1.82) is 5.26 Å². The van der Waals surface area contributed by atoms with Gasteiger partial charge < -0.3 is 0 Å². The molecule has 2 aromatic carbocycles. The molecular weight excluding hydrogens is 280 g/mol. The lowest BCUT2D eigenvalue weighted by Crippen LogP contribution is -2.22. The van der Waals surface area contributed by atoms with Gasteiger partial charge in [0.2, 0.25) is 0 Å². The quantitative estimate of drug-likeness (QED) is 0.691. The van der Waals surface area contributed by atoms with E-state index < -0.39 is 5.41 Å². The summed E-state index contributed by atoms with van der Waals surface area (Å²) in [5.74, 6) is 0. The maximum atomic E-state index is 9.80.